The normalized spacial score (nSPS) is 20.1. The number of nitro groups is 1. The van der Waals surface area contributed by atoms with Crippen LogP contribution in [0.15, 0.2) is 48.5 Å². The maximum absolute atomic E-state index is 13.2. The number of hydrogen-bond acceptors (Lipinski definition) is 8. The van der Waals surface area contributed by atoms with Crippen LogP contribution < -0.4 is 4.74 Å². The number of likely N-dealkylation sites (tertiary alicyclic amines) is 1. The molecular weight excluding hydrogens is 496 g/mol. The Bertz CT molecular complexity index is 1090. The van der Waals surface area contributed by atoms with Crippen LogP contribution in [0, 0.1) is 10.1 Å². The SMILES string of the molecule is COc1ccc(CS[C@H]2C[C@@H](C(=O)N3CCN(C(=O)OCc4ccc([N+](=O)[O-])cc4)CC3)N(C)C2)cc1. The molecule has 2 aromatic rings. The molecule has 2 fully saturated rings. The maximum Gasteiger partial charge on any atom is 0.410 e. The number of amides is 2. The molecule has 2 aromatic carbocycles. The molecule has 11 heteroatoms. The summed E-state index contributed by atoms with van der Waals surface area (Å²) in [7, 11) is 3.66. The fraction of sp³-hybridized carbons (Fsp3) is 0.462. The van der Waals surface area contributed by atoms with E-state index >= 15 is 0 Å². The monoisotopic (exact) mass is 528 g/mol. The first-order valence-electron chi connectivity index (χ1n) is 12.2. The highest BCUT2D eigenvalue weighted by Gasteiger charge is 2.38. The van der Waals surface area contributed by atoms with Crippen LogP contribution in [0.1, 0.15) is 17.5 Å². The van der Waals surface area contributed by atoms with Gasteiger partial charge >= 0.3 is 6.09 Å². The number of thioether (sulfide) groups is 1. The number of non-ortho nitro benzene ring substituents is 1. The van der Waals surface area contributed by atoms with Crippen LogP contribution in [-0.2, 0) is 21.9 Å². The van der Waals surface area contributed by atoms with E-state index in [1.54, 1.807) is 24.1 Å². The number of nitro benzene ring substituents is 1. The Kier molecular flexibility index (Phi) is 8.88. The van der Waals surface area contributed by atoms with E-state index in [1.807, 2.05) is 35.8 Å². The Morgan fingerprint density at radius 2 is 1.62 bits per heavy atom. The number of methoxy groups -OCH3 is 1. The predicted molar refractivity (Wildman–Crippen MR) is 141 cm³/mol. The Labute approximate surface area is 220 Å². The smallest absolute Gasteiger partial charge is 0.410 e. The zero-order valence-electron chi connectivity index (χ0n) is 21.1. The van der Waals surface area contributed by atoms with E-state index in [0.717, 1.165) is 24.5 Å². The molecule has 0 aromatic heterocycles. The van der Waals surface area contributed by atoms with Gasteiger partial charge < -0.3 is 19.3 Å². The van der Waals surface area contributed by atoms with Gasteiger partial charge in [0.1, 0.15) is 12.4 Å². The van der Waals surface area contributed by atoms with Gasteiger partial charge in [-0.15, -0.1) is 0 Å². The van der Waals surface area contributed by atoms with E-state index in [0.29, 0.717) is 37.0 Å². The summed E-state index contributed by atoms with van der Waals surface area (Å²) in [6.07, 6.45) is 0.367. The van der Waals surface area contributed by atoms with E-state index in [4.69, 9.17) is 9.47 Å². The third kappa shape index (κ3) is 6.92. The highest BCUT2D eigenvalue weighted by atomic mass is 32.2. The zero-order chi connectivity index (χ0) is 26.4. The lowest BCUT2D eigenvalue weighted by Crippen LogP contribution is -2.54. The Morgan fingerprint density at radius 3 is 2.24 bits per heavy atom. The molecule has 4 rings (SSSR count). The molecule has 0 aliphatic carbocycles. The van der Waals surface area contributed by atoms with Gasteiger partial charge in [0.25, 0.3) is 5.69 Å². The summed E-state index contributed by atoms with van der Waals surface area (Å²) < 4.78 is 10.6. The average Bonchev–Trinajstić information content (AvgIpc) is 3.31. The highest BCUT2D eigenvalue weighted by molar-refractivity contribution is 7.99. The van der Waals surface area contributed by atoms with E-state index in [9.17, 15) is 19.7 Å². The minimum atomic E-state index is -0.471. The fourth-order valence-corrected chi connectivity index (χ4v) is 5.85. The van der Waals surface area contributed by atoms with Gasteiger partial charge in [0.2, 0.25) is 5.91 Å². The average molecular weight is 529 g/mol. The number of carbonyl (C=O) groups excluding carboxylic acids is 2. The standard InChI is InChI=1S/C26H32N4O6S/c1-27-16-23(37-18-20-5-9-22(35-2)10-6-20)15-24(27)25(31)28-11-13-29(14-12-28)26(32)36-17-19-3-7-21(8-4-19)30(33)34/h3-10,23-24H,11-18H2,1-2H3/t23-,24-/m0/s1. The molecule has 0 N–H and O–H groups in total. The van der Waals surface area contributed by atoms with Crippen LogP contribution in [0.3, 0.4) is 0 Å². The van der Waals surface area contributed by atoms with E-state index in [2.05, 4.69) is 17.0 Å². The quantitative estimate of drug-likeness (QED) is 0.379. The number of benzene rings is 2. The number of hydrogen-bond donors (Lipinski definition) is 0. The summed E-state index contributed by atoms with van der Waals surface area (Å²) in [5, 5.41) is 11.1. The van der Waals surface area contributed by atoms with Gasteiger partial charge in [-0.3, -0.25) is 19.8 Å². The first-order valence-corrected chi connectivity index (χ1v) is 13.3. The first-order chi connectivity index (χ1) is 17.8. The topological polar surface area (TPSA) is 105 Å². The largest absolute Gasteiger partial charge is 0.497 e. The molecule has 2 saturated heterocycles. The fourth-order valence-electron chi connectivity index (χ4n) is 4.57. The van der Waals surface area contributed by atoms with E-state index in [-0.39, 0.29) is 24.2 Å². The lowest BCUT2D eigenvalue weighted by Gasteiger charge is -2.36. The molecule has 0 spiro atoms. The third-order valence-corrected chi connectivity index (χ3v) is 8.11. The highest BCUT2D eigenvalue weighted by Crippen LogP contribution is 2.30. The van der Waals surface area contributed by atoms with Gasteiger partial charge in [0, 0.05) is 55.9 Å². The molecule has 0 radical (unpaired) electrons. The number of nitrogens with zero attached hydrogens (tertiary/aromatic N) is 4. The molecule has 0 saturated carbocycles. The van der Waals surface area contributed by atoms with Crippen LogP contribution >= 0.6 is 11.8 Å². The minimum absolute atomic E-state index is 0.00840. The molecule has 37 heavy (non-hydrogen) atoms. The zero-order valence-corrected chi connectivity index (χ0v) is 21.9. The Balaban J connectivity index is 1.19. The molecule has 0 bridgehead atoms. The Morgan fingerprint density at radius 1 is 1.00 bits per heavy atom. The summed E-state index contributed by atoms with van der Waals surface area (Å²) in [6.45, 7) is 2.68. The summed E-state index contributed by atoms with van der Waals surface area (Å²) in [4.78, 5) is 41.6. The lowest BCUT2D eigenvalue weighted by molar-refractivity contribution is -0.384. The molecule has 2 heterocycles. The molecule has 198 valence electrons. The van der Waals surface area contributed by atoms with Gasteiger partial charge in [-0.25, -0.2) is 4.79 Å². The lowest BCUT2D eigenvalue weighted by atomic mass is 10.1. The number of rotatable bonds is 8. The van der Waals surface area contributed by atoms with Gasteiger partial charge in [0.05, 0.1) is 18.1 Å². The van der Waals surface area contributed by atoms with Crippen LogP contribution in [-0.4, -0.2) is 89.8 Å². The summed E-state index contributed by atoms with van der Waals surface area (Å²) >= 11 is 1.88. The third-order valence-electron chi connectivity index (χ3n) is 6.80. The van der Waals surface area contributed by atoms with Crippen molar-refractivity contribution in [3.63, 3.8) is 0 Å². The van der Waals surface area contributed by atoms with Crippen molar-refractivity contribution in [2.45, 2.75) is 30.1 Å². The maximum atomic E-state index is 13.2. The van der Waals surface area contributed by atoms with Crippen LogP contribution in [0.4, 0.5) is 10.5 Å². The van der Waals surface area contributed by atoms with Gasteiger partial charge in [0.15, 0.2) is 0 Å². The number of carbonyl (C=O) groups is 2. The molecule has 2 aliphatic heterocycles. The van der Waals surface area contributed by atoms with Crippen molar-refractivity contribution in [1.29, 1.82) is 0 Å². The van der Waals surface area contributed by atoms with E-state index in [1.165, 1.54) is 17.7 Å². The summed E-state index contributed by atoms with van der Waals surface area (Å²) in [5.74, 6) is 1.86. The van der Waals surface area contributed by atoms with Crippen molar-refractivity contribution in [3.05, 3.63) is 69.8 Å². The van der Waals surface area contributed by atoms with Crippen LogP contribution in [0.25, 0.3) is 0 Å². The van der Waals surface area contributed by atoms with Crippen molar-refractivity contribution < 1.29 is 24.0 Å². The van der Waals surface area contributed by atoms with Crippen LogP contribution in [0.2, 0.25) is 0 Å². The summed E-state index contributed by atoms with van der Waals surface area (Å²) in [6, 6.07) is 13.8. The summed E-state index contributed by atoms with van der Waals surface area (Å²) in [5.41, 5.74) is 1.90. The predicted octanol–water partition coefficient (Wildman–Crippen LogP) is 3.39. The molecular formula is C26H32N4O6S. The van der Waals surface area contributed by atoms with Crippen molar-refractivity contribution in [3.8, 4) is 5.75 Å². The minimum Gasteiger partial charge on any atom is -0.497 e. The number of likely N-dealkylation sites (N-methyl/N-ethyl adjacent to an activating group) is 1. The molecule has 2 aliphatic rings. The van der Waals surface area contributed by atoms with Gasteiger partial charge in [-0.05, 0) is 48.9 Å². The van der Waals surface area contributed by atoms with Gasteiger partial charge in [-0.2, -0.15) is 11.8 Å². The number of piperazine rings is 1. The van der Waals surface area contributed by atoms with Crippen molar-refractivity contribution in [2.75, 3.05) is 46.9 Å². The second-order valence-corrected chi connectivity index (χ2v) is 10.6. The first kappa shape index (κ1) is 26.7. The van der Waals surface area contributed by atoms with Crippen molar-refractivity contribution >= 4 is 29.4 Å². The van der Waals surface area contributed by atoms with Crippen molar-refractivity contribution in [1.82, 2.24) is 14.7 Å². The van der Waals surface area contributed by atoms with Crippen LogP contribution in [0.5, 0.6) is 5.75 Å². The van der Waals surface area contributed by atoms with Gasteiger partial charge in [-0.1, -0.05) is 12.1 Å². The molecule has 2 amide bonds. The second-order valence-electron chi connectivity index (χ2n) is 9.26. The molecule has 10 nitrogen and oxygen atoms in total. The second kappa shape index (κ2) is 12.3. The Hall–Kier alpha value is -3.31. The number of ether oxygens (including phenoxy) is 2. The molecule has 2 atom stereocenters. The van der Waals surface area contributed by atoms with E-state index < -0.39 is 11.0 Å². The molecule has 0 unspecified atom stereocenters. The van der Waals surface area contributed by atoms with Crippen molar-refractivity contribution in [2.24, 2.45) is 0 Å².